The molecule has 0 bridgehead atoms. The van der Waals surface area contributed by atoms with Gasteiger partial charge in [-0.3, -0.25) is 4.79 Å². The molecule has 2 aromatic rings. The number of likely N-dealkylation sites (N-methyl/N-ethyl adjacent to an activating group) is 1. The van der Waals surface area contributed by atoms with E-state index in [0.29, 0.717) is 0 Å². The van der Waals surface area contributed by atoms with E-state index in [-0.39, 0.29) is 12.3 Å². The lowest BCUT2D eigenvalue weighted by molar-refractivity contribution is -0.193. The Balaban J connectivity index is 1.49. The zero-order chi connectivity index (χ0) is 20.9. The number of rotatable bonds is 8. The summed E-state index contributed by atoms with van der Waals surface area (Å²) < 4.78 is 0. The largest absolute Gasteiger partial charge is 0.351 e. The van der Waals surface area contributed by atoms with Gasteiger partial charge in [0.25, 0.3) is 5.91 Å². The fraction of sp³-hybridized carbons (Fsp3) is 0.417. The fourth-order valence-electron chi connectivity index (χ4n) is 3.88. The van der Waals surface area contributed by atoms with E-state index in [9.17, 15) is 9.59 Å². The van der Waals surface area contributed by atoms with Crippen LogP contribution in [0.4, 0.5) is 0 Å². The summed E-state index contributed by atoms with van der Waals surface area (Å²) in [4.78, 5) is 29.9. The Morgan fingerprint density at radius 3 is 2.07 bits per heavy atom. The van der Waals surface area contributed by atoms with E-state index in [1.807, 2.05) is 32.0 Å². The van der Waals surface area contributed by atoms with Crippen molar-refractivity contribution >= 4 is 11.9 Å². The summed E-state index contributed by atoms with van der Waals surface area (Å²) >= 11 is 0. The molecule has 0 radical (unpaired) electrons. The van der Waals surface area contributed by atoms with Crippen molar-refractivity contribution in [1.82, 2.24) is 10.4 Å². The molecule has 0 spiro atoms. The number of unbranched alkanes of at least 4 members (excludes halogenated alkanes) is 1. The van der Waals surface area contributed by atoms with Gasteiger partial charge in [-0.05, 0) is 63.3 Å². The third-order valence-electron chi connectivity index (χ3n) is 5.56. The van der Waals surface area contributed by atoms with Crippen LogP contribution in [0.2, 0.25) is 0 Å². The highest BCUT2D eigenvalue weighted by Crippen LogP contribution is 2.28. The number of hydrogen-bond donors (Lipinski definition) is 1. The van der Waals surface area contributed by atoms with Crippen LogP contribution in [0.25, 0.3) is 0 Å². The van der Waals surface area contributed by atoms with Crippen LogP contribution >= 0.6 is 0 Å². The van der Waals surface area contributed by atoms with E-state index < -0.39 is 17.6 Å². The van der Waals surface area contributed by atoms with Gasteiger partial charge in [0.05, 0.1) is 6.42 Å². The molecule has 1 aliphatic heterocycles. The Hall–Kier alpha value is -2.66. The summed E-state index contributed by atoms with van der Waals surface area (Å²) in [5.74, 6) is -0.631. The summed E-state index contributed by atoms with van der Waals surface area (Å²) in [6, 6.07) is 18.2. The molecule has 0 aromatic heterocycles. The van der Waals surface area contributed by atoms with E-state index in [0.717, 1.165) is 31.2 Å². The van der Waals surface area contributed by atoms with Gasteiger partial charge in [0.2, 0.25) is 0 Å². The smallest absolute Gasteiger partial charge is 0.336 e. The highest BCUT2D eigenvalue weighted by atomic mass is 16.7. The Kier molecular flexibility index (Phi) is 6.70. The first-order valence-corrected chi connectivity index (χ1v) is 10.3. The maximum atomic E-state index is 12.7. The Bertz CT molecular complexity index is 831. The maximum absolute atomic E-state index is 12.7. The Morgan fingerprint density at radius 2 is 1.52 bits per heavy atom. The minimum absolute atomic E-state index is 0.210. The van der Waals surface area contributed by atoms with Crippen molar-refractivity contribution in [1.29, 1.82) is 0 Å². The molecule has 0 aliphatic carbocycles. The van der Waals surface area contributed by atoms with Crippen molar-refractivity contribution in [3.8, 4) is 0 Å². The molecule has 0 unspecified atom stereocenters. The van der Waals surface area contributed by atoms with Crippen LogP contribution in [-0.4, -0.2) is 35.6 Å². The second kappa shape index (κ2) is 9.23. The van der Waals surface area contributed by atoms with Gasteiger partial charge in [0.15, 0.2) is 0 Å². The molecule has 5 nitrogen and oxygen atoms in total. The van der Waals surface area contributed by atoms with Gasteiger partial charge in [-0.25, -0.2) is 4.79 Å². The molecule has 1 fully saturated rings. The van der Waals surface area contributed by atoms with Crippen LogP contribution in [0.3, 0.4) is 0 Å². The van der Waals surface area contributed by atoms with Gasteiger partial charge >= 0.3 is 5.97 Å². The van der Waals surface area contributed by atoms with Crippen molar-refractivity contribution in [2.75, 3.05) is 7.05 Å². The SMILES string of the molecule is CN[C@@H]1C(=O)ON(C(=O)Cc2ccc(CCCCc3ccccc3)cc2)C1(C)C. The number of hydrogen-bond acceptors (Lipinski definition) is 4. The summed E-state index contributed by atoms with van der Waals surface area (Å²) in [5.41, 5.74) is 2.86. The zero-order valence-corrected chi connectivity index (χ0v) is 17.5. The van der Waals surface area contributed by atoms with Crippen LogP contribution in [0, 0.1) is 0 Å². The lowest BCUT2D eigenvalue weighted by atomic mass is 9.95. The van der Waals surface area contributed by atoms with Crippen LogP contribution in [0.5, 0.6) is 0 Å². The number of nitrogens with one attached hydrogen (secondary N) is 1. The number of amides is 1. The normalized spacial score (nSPS) is 18.0. The topological polar surface area (TPSA) is 58.6 Å². The number of carbonyl (C=O) groups is 2. The van der Waals surface area contributed by atoms with Crippen molar-refractivity contribution in [3.63, 3.8) is 0 Å². The van der Waals surface area contributed by atoms with Crippen LogP contribution < -0.4 is 5.32 Å². The average Bonchev–Trinajstić information content (AvgIpc) is 2.95. The molecule has 1 atom stereocenters. The molecule has 154 valence electrons. The molecule has 5 heteroatoms. The summed E-state index contributed by atoms with van der Waals surface area (Å²) in [6.45, 7) is 3.66. The van der Waals surface area contributed by atoms with Crippen molar-refractivity contribution in [2.45, 2.75) is 57.5 Å². The quantitative estimate of drug-likeness (QED) is 0.697. The molecule has 0 saturated carbocycles. The van der Waals surface area contributed by atoms with Gasteiger partial charge in [0, 0.05) is 0 Å². The van der Waals surface area contributed by atoms with E-state index in [4.69, 9.17) is 4.84 Å². The summed E-state index contributed by atoms with van der Waals surface area (Å²) in [7, 11) is 1.69. The molecule has 1 N–H and O–H groups in total. The van der Waals surface area contributed by atoms with Crippen LogP contribution in [0.1, 0.15) is 43.4 Å². The fourth-order valence-corrected chi connectivity index (χ4v) is 3.88. The minimum Gasteiger partial charge on any atom is -0.336 e. The third kappa shape index (κ3) is 5.04. The monoisotopic (exact) mass is 394 g/mol. The van der Waals surface area contributed by atoms with Crippen molar-refractivity contribution in [2.24, 2.45) is 0 Å². The number of benzene rings is 2. The lowest BCUT2D eigenvalue weighted by Gasteiger charge is -2.30. The molecule has 3 rings (SSSR count). The predicted octanol–water partition coefficient (Wildman–Crippen LogP) is 3.46. The molecular formula is C24H30N2O3. The first-order chi connectivity index (χ1) is 13.9. The van der Waals surface area contributed by atoms with E-state index in [1.165, 1.54) is 16.2 Å². The van der Waals surface area contributed by atoms with E-state index in [1.54, 1.807) is 7.05 Å². The second-order valence-electron chi connectivity index (χ2n) is 8.16. The Morgan fingerprint density at radius 1 is 0.966 bits per heavy atom. The molecule has 1 saturated heterocycles. The van der Waals surface area contributed by atoms with Crippen LogP contribution in [-0.2, 0) is 33.7 Å². The second-order valence-corrected chi connectivity index (χ2v) is 8.16. The van der Waals surface area contributed by atoms with Gasteiger partial charge in [-0.15, -0.1) is 0 Å². The van der Waals surface area contributed by atoms with Gasteiger partial charge in [0.1, 0.15) is 11.6 Å². The highest BCUT2D eigenvalue weighted by molar-refractivity contribution is 5.87. The minimum atomic E-state index is -0.721. The van der Waals surface area contributed by atoms with Gasteiger partial charge < -0.3 is 10.2 Å². The van der Waals surface area contributed by atoms with Gasteiger partial charge in [-0.2, -0.15) is 5.06 Å². The Labute approximate surface area is 173 Å². The molecule has 1 aliphatic rings. The van der Waals surface area contributed by atoms with E-state index >= 15 is 0 Å². The lowest BCUT2D eigenvalue weighted by Crippen LogP contribution is -2.53. The zero-order valence-electron chi connectivity index (χ0n) is 17.5. The first kappa shape index (κ1) is 21.1. The number of carbonyl (C=O) groups excluding carboxylic acids is 2. The number of aryl methyl sites for hydroxylation is 2. The standard InChI is InChI=1S/C24H30N2O3/c1-24(2)22(25-3)23(28)29-26(24)21(27)17-20-15-13-19(14-16-20)12-8-7-11-18-9-5-4-6-10-18/h4-6,9-10,13-16,22,25H,7-8,11-12,17H2,1-3H3/t22-/m1/s1. The molecule has 29 heavy (non-hydrogen) atoms. The predicted molar refractivity (Wildman–Crippen MR) is 113 cm³/mol. The molecule has 2 aromatic carbocycles. The molecule has 1 amide bonds. The average molecular weight is 395 g/mol. The first-order valence-electron chi connectivity index (χ1n) is 10.3. The maximum Gasteiger partial charge on any atom is 0.351 e. The summed E-state index contributed by atoms with van der Waals surface area (Å²) in [6.07, 6.45) is 4.64. The molecule has 1 heterocycles. The van der Waals surface area contributed by atoms with E-state index in [2.05, 4.69) is 41.7 Å². The van der Waals surface area contributed by atoms with Crippen molar-refractivity contribution in [3.05, 3.63) is 71.3 Å². The molecular weight excluding hydrogens is 364 g/mol. The van der Waals surface area contributed by atoms with Crippen molar-refractivity contribution < 1.29 is 14.4 Å². The number of nitrogens with zero attached hydrogens (tertiary/aromatic N) is 1. The third-order valence-corrected chi connectivity index (χ3v) is 5.56. The summed E-state index contributed by atoms with van der Waals surface area (Å²) in [5, 5.41) is 4.14. The number of hydroxylamine groups is 2. The van der Waals surface area contributed by atoms with Gasteiger partial charge in [-0.1, -0.05) is 54.6 Å². The highest BCUT2D eigenvalue weighted by Gasteiger charge is 2.51. The van der Waals surface area contributed by atoms with Crippen LogP contribution in [0.15, 0.2) is 54.6 Å².